The Balaban J connectivity index is 0. The summed E-state index contributed by atoms with van der Waals surface area (Å²) >= 11 is 1.35. The molecule has 0 aliphatic rings. The van der Waals surface area contributed by atoms with E-state index >= 15 is 0 Å². The Kier molecular flexibility index (Phi) is 24.6. The van der Waals surface area contributed by atoms with Crippen molar-refractivity contribution in [3.63, 3.8) is 0 Å². The minimum Gasteiger partial charge on any atom is -0.481 e. The second-order valence-electron chi connectivity index (χ2n) is 6.16. The Bertz CT molecular complexity index is 270. The summed E-state index contributed by atoms with van der Waals surface area (Å²) in [7, 11) is 0. The number of rotatable bonds is 17. The molecule has 0 aromatic rings. The van der Waals surface area contributed by atoms with Gasteiger partial charge in [-0.1, -0.05) is 71.1 Å². The van der Waals surface area contributed by atoms with Gasteiger partial charge in [0, 0.05) is 18.1 Å². The second-order valence-corrected chi connectivity index (χ2v) is 7.38. The molecule has 0 amide bonds. The quantitative estimate of drug-likeness (QED) is 0.310. The summed E-state index contributed by atoms with van der Waals surface area (Å²) in [6.07, 6.45) is 15.0. The van der Waals surface area contributed by atoms with Crippen molar-refractivity contribution in [2.24, 2.45) is 0 Å². The number of aliphatic hydroxyl groups excluding tert-OH is 1. The predicted molar refractivity (Wildman–Crippen MR) is 105 cm³/mol. The van der Waals surface area contributed by atoms with E-state index in [1.807, 2.05) is 0 Å². The number of hydrogen-bond acceptors (Lipinski definition) is 4. The Morgan fingerprint density at radius 2 is 1.04 bits per heavy atom. The van der Waals surface area contributed by atoms with Crippen molar-refractivity contribution in [3.8, 4) is 0 Å². The SMILES string of the molecule is CCCCCCCCCCCCCO.O=C(O)CCSCCC(=O)O. The number of thioether (sulfide) groups is 1. The van der Waals surface area contributed by atoms with Crippen LogP contribution >= 0.6 is 11.8 Å². The van der Waals surface area contributed by atoms with Crippen LogP contribution in [0, 0.1) is 0 Å². The van der Waals surface area contributed by atoms with Crippen LogP contribution in [0.15, 0.2) is 0 Å². The number of unbranched alkanes of at least 4 members (excludes halogenated alkanes) is 10. The van der Waals surface area contributed by atoms with Crippen LogP contribution in [-0.2, 0) is 9.59 Å². The fraction of sp³-hybridized carbons (Fsp3) is 0.895. The third-order valence-electron chi connectivity index (χ3n) is 3.68. The van der Waals surface area contributed by atoms with Crippen molar-refractivity contribution in [3.05, 3.63) is 0 Å². The Morgan fingerprint density at radius 3 is 1.36 bits per heavy atom. The number of hydrogen-bond donors (Lipinski definition) is 3. The maximum Gasteiger partial charge on any atom is 0.304 e. The average Bonchev–Trinajstić information content (AvgIpc) is 2.56. The third kappa shape index (κ3) is 31.5. The lowest BCUT2D eigenvalue weighted by atomic mass is 10.1. The molecule has 6 heteroatoms. The van der Waals surface area contributed by atoms with Crippen LogP contribution in [0.5, 0.6) is 0 Å². The first kappa shape index (κ1) is 26.5. The van der Waals surface area contributed by atoms with E-state index in [0.29, 0.717) is 18.1 Å². The van der Waals surface area contributed by atoms with Crippen molar-refractivity contribution >= 4 is 23.7 Å². The zero-order valence-electron chi connectivity index (χ0n) is 15.9. The first-order valence-electron chi connectivity index (χ1n) is 9.66. The van der Waals surface area contributed by atoms with E-state index in [-0.39, 0.29) is 12.8 Å². The lowest BCUT2D eigenvalue weighted by molar-refractivity contribution is -0.137. The lowest BCUT2D eigenvalue weighted by Crippen LogP contribution is -1.99. The molecule has 0 fully saturated rings. The van der Waals surface area contributed by atoms with Gasteiger partial charge in [-0.05, 0) is 6.42 Å². The average molecular weight is 379 g/mol. The Hall–Kier alpha value is -0.750. The Labute approximate surface area is 157 Å². The monoisotopic (exact) mass is 378 g/mol. The molecule has 0 bridgehead atoms. The standard InChI is InChI=1S/C13H28O.C6H10O4S/c1-2-3-4-5-6-7-8-9-10-11-12-13-14;7-5(8)1-3-11-4-2-6(9)10/h14H,2-13H2,1H3;1-4H2,(H,7,8)(H,9,10). The van der Waals surface area contributed by atoms with Crippen molar-refractivity contribution in [2.75, 3.05) is 18.1 Å². The maximum absolute atomic E-state index is 9.97. The highest BCUT2D eigenvalue weighted by atomic mass is 32.2. The molecule has 0 aliphatic heterocycles. The highest BCUT2D eigenvalue weighted by molar-refractivity contribution is 7.99. The van der Waals surface area contributed by atoms with E-state index in [4.69, 9.17) is 15.3 Å². The molecule has 0 saturated carbocycles. The van der Waals surface area contributed by atoms with Crippen LogP contribution in [0.4, 0.5) is 0 Å². The summed E-state index contributed by atoms with van der Waals surface area (Å²) in [6, 6.07) is 0. The largest absolute Gasteiger partial charge is 0.481 e. The molecule has 3 N–H and O–H groups in total. The van der Waals surface area contributed by atoms with Gasteiger partial charge in [0.25, 0.3) is 0 Å². The van der Waals surface area contributed by atoms with Gasteiger partial charge in [-0.2, -0.15) is 11.8 Å². The molecule has 25 heavy (non-hydrogen) atoms. The van der Waals surface area contributed by atoms with E-state index in [0.717, 1.165) is 6.42 Å². The molecule has 0 radical (unpaired) electrons. The lowest BCUT2D eigenvalue weighted by Gasteiger charge is -2.01. The zero-order valence-corrected chi connectivity index (χ0v) is 16.7. The van der Waals surface area contributed by atoms with Crippen LogP contribution < -0.4 is 0 Å². The number of carboxylic acids is 2. The highest BCUT2D eigenvalue weighted by Crippen LogP contribution is 2.10. The Morgan fingerprint density at radius 1 is 0.680 bits per heavy atom. The van der Waals surface area contributed by atoms with Gasteiger partial charge >= 0.3 is 11.9 Å². The van der Waals surface area contributed by atoms with Crippen molar-refractivity contribution < 1.29 is 24.9 Å². The number of carboxylic acid groups (broad SMARTS) is 2. The zero-order chi connectivity index (χ0) is 19.2. The van der Waals surface area contributed by atoms with E-state index < -0.39 is 11.9 Å². The van der Waals surface area contributed by atoms with Gasteiger partial charge < -0.3 is 15.3 Å². The van der Waals surface area contributed by atoms with E-state index in [2.05, 4.69) is 6.92 Å². The minimum atomic E-state index is -0.840. The van der Waals surface area contributed by atoms with Gasteiger partial charge in [-0.15, -0.1) is 0 Å². The molecule has 0 atom stereocenters. The summed E-state index contributed by atoms with van der Waals surface area (Å²) in [5, 5.41) is 25.0. The van der Waals surface area contributed by atoms with Gasteiger partial charge in [0.1, 0.15) is 0 Å². The maximum atomic E-state index is 9.97. The van der Waals surface area contributed by atoms with Gasteiger partial charge in [0.2, 0.25) is 0 Å². The van der Waals surface area contributed by atoms with Crippen LogP contribution in [0.2, 0.25) is 0 Å². The molecule has 0 spiro atoms. The summed E-state index contributed by atoms with van der Waals surface area (Å²) in [5.41, 5.74) is 0. The molecule has 0 saturated heterocycles. The fourth-order valence-electron chi connectivity index (χ4n) is 2.20. The van der Waals surface area contributed by atoms with Crippen LogP contribution in [0.25, 0.3) is 0 Å². The van der Waals surface area contributed by atoms with Crippen LogP contribution in [0.3, 0.4) is 0 Å². The summed E-state index contributed by atoms with van der Waals surface area (Å²) in [4.78, 5) is 19.9. The van der Waals surface area contributed by atoms with E-state index in [1.54, 1.807) is 0 Å². The van der Waals surface area contributed by atoms with Crippen LogP contribution in [0.1, 0.15) is 90.4 Å². The molecule has 0 aromatic carbocycles. The van der Waals surface area contributed by atoms with E-state index in [1.165, 1.54) is 76.0 Å². The number of carbonyl (C=O) groups is 2. The smallest absolute Gasteiger partial charge is 0.304 e. The molecule has 5 nitrogen and oxygen atoms in total. The van der Waals surface area contributed by atoms with Gasteiger partial charge in [-0.3, -0.25) is 9.59 Å². The molecule has 0 unspecified atom stereocenters. The molecule has 150 valence electrons. The summed E-state index contributed by atoms with van der Waals surface area (Å²) in [5.74, 6) is -0.703. The van der Waals surface area contributed by atoms with Crippen molar-refractivity contribution in [1.29, 1.82) is 0 Å². The third-order valence-corrected chi connectivity index (χ3v) is 4.67. The normalized spacial score (nSPS) is 10.2. The fourth-order valence-corrected chi connectivity index (χ4v) is 3.04. The molecule has 0 heterocycles. The predicted octanol–water partition coefficient (Wildman–Crippen LogP) is 4.96. The van der Waals surface area contributed by atoms with Crippen molar-refractivity contribution in [2.45, 2.75) is 90.4 Å². The van der Waals surface area contributed by atoms with Crippen molar-refractivity contribution in [1.82, 2.24) is 0 Å². The minimum absolute atomic E-state index is 0.101. The first-order chi connectivity index (χ1) is 12.0. The molecule has 0 aromatic heterocycles. The molecular weight excluding hydrogens is 340 g/mol. The molecular formula is C19H38O5S. The van der Waals surface area contributed by atoms with Gasteiger partial charge in [0.15, 0.2) is 0 Å². The number of aliphatic carboxylic acids is 2. The summed E-state index contributed by atoms with van der Waals surface area (Å²) < 4.78 is 0. The van der Waals surface area contributed by atoms with E-state index in [9.17, 15) is 9.59 Å². The summed E-state index contributed by atoms with van der Waals surface area (Å²) in [6.45, 7) is 2.64. The highest BCUT2D eigenvalue weighted by Gasteiger charge is 1.99. The van der Waals surface area contributed by atoms with Crippen LogP contribution in [-0.4, -0.2) is 45.4 Å². The molecule has 0 rings (SSSR count). The first-order valence-corrected chi connectivity index (χ1v) is 10.8. The number of aliphatic hydroxyl groups is 1. The molecule has 0 aliphatic carbocycles. The van der Waals surface area contributed by atoms with Gasteiger partial charge in [0.05, 0.1) is 12.8 Å². The van der Waals surface area contributed by atoms with Gasteiger partial charge in [-0.25, -0.2) is 0 Å². The topological polar surface area (TPSA) is 94.8 Å². The second kappa shape index (κ2) is 23.2.